The van der Waals surface area contributed by atoms with E-state index in [9.17, 15) is 4.79 Å². The molecule has 1 atom stereocenters. The SMILES string of the molecule is Cc1ccsc1CN1Cc2ncn(C)c2C(C(=O)N2CCCCC2)C1. The third kappa shape index (κ3) is 3.25. The van der Waals surface area contributed by atoms with Crippen molar-refractivity contribution >= 4 is 17.2 Å². The van der Waals surface area contributed by atoms with E-state index in [1.165, 1.54) is 16.9 Å². The highest BCUT2D eigenvalue weighted by atomic mass is 32.1. The maximum atomic E-state index is 13.2. The van der Waals surface area contributed by atoms with Crippen LogP contribution in [0.2, 0.25) is 0 Å². The van der Waals surface area contributed by atoms with Gasteiger partial charge in [0.2, 0.25) is 5.91 Å². The van der Waals surface area contributed by atoms with E-state index >= 15 is 0 Å². The number of amides is 1. The molecule has 25 heavy (non-hydrogen) atoms. The second-order valence-corrected chi connectivity index (χ2v) is 8.32. The number of carbonyl (C=O) groups is 1. The fourth-order valence-corrected chi connectivity index (χ4v) is 5.04. The minimum atomic E-state index is -0.0883. The van der Waals surface area contributed by atoms with Crippen LogP contribution in [0.3, 0.4) is 0 Å². The van der Waals surface area contributed by atoms with Crippen LogP contribution in [-0.4, -0.2) is 44.9 Å². The van der Waals surface area contributed by atoms with Crippen LogP contribution in [-0.2, 0) is 24.9 Å². The van der Waals surface area contributed by atoms with Crippen LogP contribution >= 0.6 is 11.3 Å². The van der Waals surface area contributed by atoms with Crippen LogP contribution in [0.1, 0.15) is 47.0 Å². The fraction of sp³-hybridized carbons (Fsp3) is 0.579. The zero-order chi connectivity index (χ0) is 17.4. The summed E-state index contributed by atoms with van der Waals surface area (Å²) in [7, 11) is 2.02. The molecule has 0 saturated carbocycles. The first kappa shape index (κ1) is 16.8. The minimum absolute atomic E-state index is 0.0883. The van der Waals surface area contributed by atoms with Crippen LogP contribution in [0, 0.1) is 6.92 Å². The summed E-state index contributed by atoms with van der Waals surface area (Å²) in [6, 6.07) is 2.17. The van der Waals surface area contributed by atoms with Crippen molar-refractivity contribution in [3.8, 4) is 0 Å². The molecule has 1 saturated heterocycles. The normalized spacial score (nSPS) is 21.4. The van der Waals surface area contributed by atoms with Gasteiger partial charge in [-0.3, -0.25) is 9.69 Å². The van der Waals surface area contributed by atoms with Gasteiger partial charge in [0.05, 0.1) is 23.6 Å². The van der Waals surface area contributed by atoms with Crippen molar-refractivity contribution in [1.29, 1.82) is 0 Å². The Kier molecular flexibility index (Phi) is 4.65. The molecule has 6 heteroatoms. The van der Waals surface area contributed by atoms with Crippen LogP contribution < -0.4 is 0 Å². The lowest BCUT2D eigenvalue weighted by Crippen LogP contribution is -2.45. The first-order valence-electron chi connectivity index (χ1n) is 9.17. The smallest absolute Gasteiger partial charge is 0.233 e. The molecule has 2 aliphatic rings. The monoisotopic (exact) mass is 358 g/mol. The van der Waals surface area contributed by atoms with E-state index in [4.69, 9.17) is 0 Å². The van der Waals surface area contributed by atoms with Gasteiger partial charge in [0.25, 0.3) is 0 Å². The first-order chi connectivity index (χ1) is 12.1. The van der Waals surface area contributed by atoms with Gasteiger partial charge in [-0.15, -0.1) is 11.3 Å². The van der Waals surface area contributed by atoms with E-state index < -0.39 is 0 Å². The van der Waals surface area contributed by atoms with Crippen LogP contribution in [0.25, 0.3) is 0 Å². The Morgan fingerprint density at radius 1 is 1.32 bits per heavy atom. The largest absolute Gasteiger partial charge is 0.342 e. The van der Waals surface area contributed by atoms with Gasteiger partial charge in [-0.2, -0.15) is 0 Å². The average molecular weight is 359 g/mol. The quantitative estimate of drug-likeness (QED) is 0.847. The van der Waals surface area contributed by atoms with E-state index in [-0.39, 0.29) is 11.8 Å². The number of thiophene rings is 1. The maximum absolute atomic E-state index is 13.2. The molecule has 0 bridgehead atoms. The molecule has 0 N–H and O–H groups in total. The summed E-state index contributed by atoms with van der Waals surface area (Å²) in [6.45, 7) is 6.51. The molecule has 0 aliphatic carbocycles. The van der Waals surface area contributed by atoms with Gasteiger partial charge >= 0.3 is 0 Å². The number of rotatable bonds is 3. The highest BCUT2D eigenvalue weighted by Crippen LogP contribution is 2.31. The lowest BCUT2D eigenvalue weighted by Gasteiger charge is -2.36. The summed E-state index contributed by atoms with van der Waals surface area (Å²) in [5.41, 5.74) is 3.53. The van der Waals surface area contributed by atoms with E-state index in [0.29, 0.717) is 0 Å². The van der Waals surface area contributed by atoms with Gasteiger partial charge in [-0.05, 0) is 43.2 Å². The summed E-state index contributed by atoms with van der Waals surface area (Å²) >= 11 is 1.80. The van der Waals surface area contributed by atoms with Gasteiger partial charge in [0.15, 0.2) is 0 Å². The van der Waals surface area contributed by atoms with Crippen molar-refractivity contribution in [1.82, 2.24) is 19.4 Å². The van der Waals surface area contributed by atoms with Gasteiger partial charge in [0, 0.05) is 44.6 Å². The molecule has 2 aromatic rings. The van der Waals surface area contributed by atoms with Crippen molar-refractivity contribution in [2.24, 2.45) is 7.05 Å². The van der Waals surface area contributed by atoms with E-state index in [1.807, 2.05) is 13.4 Å². The molecule has 1 unspecified atom stereocenters. The van der Waals surface area contributed by atoms with Crippen LogP contribution in [0.4, 0.5) is 0 Å². The first-order valence-corrected chi connectivity index (χ1v) is 10.1. The highest BCUT2D eigenvalue weighted by molar-refractivity contribution is 7.10. The number of fused-ring (bicyclic) bond motifs is 1. The topological polar surface area (TPSA) is 41.4 Å². The molecule has 5 nitrogen and oxygen atoms in total. The third-order valence-electron chi connectivity index (χ3n) is 5.51. The number of carbonyl (C=O) groups excluding carboxylic acids is 1. The summed E-state index contributed by atoms with van der Waals surface area (Å²) in [4.78, 5) is 23.7. The molecular weight excluding hydrogens is 332 g/mol. The average Bonchev–Trinajstić information content (AvgIpc) is 3.21. The van der Waals surface area contributed by atoms with Crippen molar-refractivity contribution in [2.75, 3.05) is 19.6 Å². The number of hydrogen-bond acceptors (Lipinski definition) is 4. The fourth-order valence-electron chi connectivity index (χ4n) is 4.10. The summed E-state index contributed by atoms with van der Waals surface area (Å²) in [5, 5.41) is 2.15. The number of likely N-dealkylation sites (tertiary alicyclic amines) is 1. The zero-order valence-electron chi connectivity index (χ0n) is 15.1. The molecule has 4 rings (SSSR count). The Bertz CT molecular complexity index is 759. The van der Waals surface area contributed by atoms with Gasteiger partial charge < -0.3 is 9.47 Å². The molecule has 0 spiro atoms. The predicted octanol–water partition coefficient (Wildman–Crippen LogP) is 2.90. The molecule has 134 valence electrons. The molecule has 2 aromatic heterocycles. The van der Waals surface area contributed by atoms with E-state index in [0.717, 1.165) is 57.0 Å². The lowest BCUT2D eigenvalue weighted by molar-refractivity contribution is -0.134. The Morgan fingerprint density at radius 3 is 2.84 bits per heavy atom. The van der Waals surface area contributed by atoms with Crippen molar-refractivity contribution < 1.29 is 4.79 Å². The second-order valence-electron chi connectivity index (χ2n) is 7.32. The number of hydrogen-bond donors (Lipinski definition) is 0. The second kappa shape index (κ2) is 6.92. The zero-order valence-corrected chi connectivity index (χ0v) is 15.9. The van der Waals surface area contributed by atoms with E-state index in [1.54, 1.807) is 11.3 Å². The van der Waals surface area contributed by atoms with E-state index in [2.05, 4.69) is 37.7 Å². The Labute approximate surface area is 153 Å². The molecule has 1 amide bonds. The molecule has 0 radical (unpaired) electrons. The summed E-state index contributed by atoms with van der Waals surface area (Å²) in [6.07, 6.45) is 5.37. The maximum Gasteiger partial charge on any atom is 0.233 e. The molecular formula is C19H26N4OS. The van der Waals surface area contributed by atoms with Crippen LogP contribution in [0.5, 0.6) is 0 Å². The number of nitrogens with zero attached hydrogens (tertiary/aromatic N) is 4. The lowest BCUT2D eigenvalue weighted by atomic mass is 9.95. The Balaban J connectivity index is 1.59. The van der Waals surface area contributed by atoms with Crippen molar-refractivity contribution in [3.63, 3.8) is 0 Å². The standard InChI is InChI=1S/C19H26N4OS/c1-14-6-9-25-17(14)12-22-10-15(18-16(11-22)20-13-21(18)2)19(24)23-7-4-3-5-8-23/h6,9,13,15H,3-5,7-8,10-12H2,1-2H3. The summed E-state index contributed by atoms with van der Waals surface area (Å²) < 4.78 is 2.05. The number of piperidine rings is 1. The highest BCUT2D eigenvalue weighted by Gasteiger charge is 2.36. The van der Waals surface area contributed by atoms with Crippen LogP contribution in [0.15, 0.2) is 17.8 Å². The number of imidazole rings is 1. The van der Waals surface area contributed by atoms with Gasteiger partial charge in [-0.25, -0.2) is 4.98 Å². The number of aryl methyl sites for hydroxylation is 2. The Morgan fingerprint density at radius 2 is 2.12 bits per heavy atom. The van der Waals surface area contributed by atoms with Crippen molar-refractivity contribution in [3.05, 3.63) is 39.6 Å². The molecule has 2 aliphatic heterocycles. The van der Waals surface area contributed by atoms with Crippen molar-refractivity contribution in [2.45, 2.75) is 45.2 Å². The summed E-state index contributed by atoms with van der Waals surface area (Å²) in [5.74, 6) is 0.201. The predicted molar refractivity (Wildman–Crippen MR) is 99.6 cm³/mol. The molecule has 0 aromatic carbocycles. The third-order valence-corrected chi connectivity index (χ3v) is 6.52. The Hall–Kier alpha value is -1.66. The van der Waals surface area contributed by atoms with Gasteiger partial charge in [0.1, 0.15) is 0 Å². The van der Waals surface area contributed by atoms with Gasteiger partial charge in [-0.1, -0.05) is 0 Å². The molecule has 1 fully saturated rings. The number of aromatic nitrogens is 2. The minimum Gasteiger partial charge on any atom is -0.342 e. The molecule has 4 heterocycles.